The lowest BCUT2D eigenvalue weighted by atomic mass is 10.0. The second-order valence-corrected chi connectivity index (χ2v) is 7.94. The first-order chi connectivity index (χ1) is 17.0. The minimum absolute atomic E-state index is 0.117. The fourth-order valence-electron chi connectivity index (χ4n) is 3.31. The molecule has 0 radical (unpaired) electrons. The first kappa shape index (κ1) is 25.5. The smallest absolute Gasteiger partial charge is 0.185 e. The number of hydrogen-bond donors (Lipinski definition) is 1. The zero-order valence-corrected chi connectivity index (χ0v) is 20.3. The average Bonchev–Trinajstić information content (AvgIpc) is 3.35. The number of aryl methyl sites for hydroxylation is 1. The molecule has 3 aromatic rings. The van der Waals surface area contributed by atoms with Crippen molar-refractivity contribution < 1.29 is 19.4 Å². The molecule has 0 amide bonds. The predicted molar refractivity (Wildman–Crippen MR) is 137 cm³/mol. The summed E-state index contributed by atoms with van der Waals surface area (Å²) in [4.78, 5) is 13.1. The average molecular weight is 474 g/mol. The molecule has 35 heavy (non-hydrogen) atoms. The van der Waals surface area contributed by atoms with E-state index in [1.807, 2.05) is 54.7 Å². The topological polar surface area (TPSA) is 86.5 Å². The Morgan fingerprint density at radius 3 is 2.06 bits per heavy atom. The van der Waals surface area contributed by atoms with Crippen molar-refractivity contribution in [3.8, 4) is 11.5 Å². The van der Waals surface area contributed by atoms with Crippen molar-refractivity contribution in [1.29, 1.82) is 0 Å². The van der Waals surface area contributed by atoms with Gasteiger partial charge in [0.2, 0.25) is 0 Å². The molecular formula is C28H31N3O4. The highest BCUT2D eigenvalue weighted by Crippen LogP contribution is 2.18. The number of unbranched alkanes of at least 4 members (excludes halogenated alkanes) is 1. The van der Waals surface area contributed by atoms with E-state index in [2.05, 4.69) is 17.2 Å². The van der Waals surface area contributed by atoms with Crippen molar-refractivity contribution in [1.82, 2.24) is 15.0 Å². The van der Waals surface area contributed by atoms with Crippen LogP contribution in [0.3, 0.4) is 0 Å². The first-order valence-corrected chi connectivity index (χ1v) is 11.5. The number of hydrogen-bond acceptors (Lipinski definition) is 6. The van der Waals surface area contributed by atoms with Crippen molar-refractivity contribution in [2.45, 2.75) is 32.7 Å². The molecule has 0 saturated heterocycles. The summed E-state index contributed by atoms with van der Waals surface area (Å²) >= 11 is 0. The summed E-state index contributed by atoms with van der Waals surface area (Å²) in [5.74, 6) is 1.06. The number of ketones is 1. The van der Waals surface area contributed by atoms with Crippen LogP contribution in [0.4, 0.5) is 0 Å². The molecule has 2 aromatic carbocycles. The molecule has 3 rings (SSSR count). The van der Waals surface area contributed by atoms with E-state index >= 15 is 0 Å². The summed E-state index contributed by atoms with van der Waals surface area (Å²) in [6, 6.07) is 14.8. The van der Waals surface area contributed by atoms with Gasteiger partial charge < -0.3 is 14.6 Å². The van der Waals surface area contributed by atoms with Crippen LogP contribution in [0.25, 0.3) is 12.2 Å². The standard InChI is InChI=1S/C28H31N3O4/c1-4-5-18-31-20-23(29-30-31)19-26(27(32)16-10-21-6-12-24(34-2)13-7-21)28(33)17-11-22-8-14-25(35-3)15-9-22/h6-17,20,32H,4-5,18-19H2,1-3H3/b16-10+,17-11+,27-26-. The molecule has 182 valence electrons. The van der Waals surface area contributed by atoms with Gasteiger partial charge in [0, 0.05) is 24.7 Å². The highest BCUT2D eigenvalue weighted by atomic mass is 16.5. The number of benzene rings is 2. The molecule has 7 nitrogen and oxygen atoms in total. The third-order valence-corrected chi connectivity index (χ3v) is 5.38. The second-order valence-electron chi connectivity index (χ2n) is 7.94. The van der Waals surface area contributed by atoms with Gasteiger partial charge in [-0.05, 0) is 54.0 Å². The summed E-state index contributed by atoms with van der Waals surface area (Å²) in [5.41, 5.74) is 2.56. The fourth-order valence-corrected chi connectivity index (χ4v) is 3.31. The molecule has 0 atom stereocenters. The van der Waals surface area contributed by atoms with Crippen LogP contribution in [-0.4, -0.2) is 40.1 Å². The van der Waals surface area contributed by atoms with E-state index in [9.17, 15) is 9.90 Å². The predicted octanol–water partition coefficient (Wildman–Crippen LogP) is 5.45. The number of allylic oxidation sites excluding steroid dienone is 3. The lowest BCUT2D eigenvalue weighted by molar-refractivity contribution is -0.111. The van der Waals surface area contributed by atoms with E-state index in [1.54, 1.807) is 31.1 Å². The highest BCUT2D eigenvalue weighted by molar-refractivity contribution is 6.07. The van der Waals surface area contributed by atoms with Crippen LogP contribution in [0.1, 0.15) is 36.6 Å². The third kappa shape index (κ3) is 7.71. The molecule has 1 heterocycles. The molecule has 7 heteroatoms. The van der Waals surface area contributed by atoms with Crippen LogP contribution < -0.4 is 9.47 Å². The minimum Gasteiger partial charge on any atom is -0.508 e. The lowest BCUT2D eigenvalue weighted by Gasteiger charge is -2.05. The number of ether oxygens (including phenoxy) is 2. The van der Waals surface area contributed by atoms with Gasteiger partial charge in [-0.15, -0.1) is 5.10 Å². The van der Waals surface area contributed by atoms with Crippen molar-refractivity contribution in [3.05, 3.63) is 95.0 Å². The number of rotatable bonds is 12. The summed E-state index contributed by atoms with van der Waals surface area (Å²) in [7, 11) is 3.21. The van der Waals surface area contributed by atoms with Crippen LogP contribution >= 0.6 is 0 Å². The zero-order chi connectivity index (χ0) is 25.0. The van der Waals surface area contributed by atoms with Gasteiger partial charge in [-0.1, -0.05) is 55.0 Å². The van der Waals surface area contributed by atoms with Gasteiger partial charge >= 0.3 is 0 Å². The van der Waals surface area contributed by atoms with E-state index in [0.29, 0.717) is 5.69 Å². The van der Waals surface area contributed by atoms with Gasteiger partial charge in [0.15, 0.2) is 5.78 Å². The van der Waals surface area contributed by atoms with E-state index < -0.39 is 0 Å². The Bertz CT molecular complexity index is 1190. The number of carbonyl (C=O) groups excluding carboxylic acids is 1. The summed E-state index contributed by atoms with van der Waals surface area (Å²) < 4.78 is 12.1. The van der Waals surface area contributed by atoms with Crippen LogP contribution in [0.2, 0.25) is 0 Å². The number of methoxy groups -OCH3 is 2. The van der Waals surface area contributed by atoms with Gasteiger partial charge in [-0.3, -0.25) is 9.48 Å². The molecule has 0 bridgehead atoms. The van der Waals surface area contributed by atoms with Gasteiger partial charge in [-0.25, -0.2) is 0 Å². The molecule has 1 aromatic heterocycles. The van der Waals surface area contributed by atoms with Crippen molar-refractivity contribution in [3.63, 3.8) is 0 Å². The van der Waals surface area contributed by atoms with Crippen molar-refractivity contribution in [2.24, 2.45) is 0 Å². The Morgan fingerprint density at radius 1 is 0.943 bits per heavy atom. The van der Waals surface area contributed by atoms with Gasteiger partial charge in [-0.2, -0.15) is 0 Å². The number of nitrogens with zero attached hydrogens (tertiary/aromatic N) is 3. The quantitative estimate of drug-likeness (QED) is 0.214. The SMILES string of the molecule is CCCCn1cc(C/C(C(=O)/C=C/c2ccc(OC)cc2)=C(O)\C=C\c2ccc(OC)cc2)nn1. The van der Waals surface area contributed by atoms with Gasteiger partial charge in [0.1, 0.15) is 17.3 Å². The van der Waals surface area contributed by atoms with Crippen LogP contribution in [-0.2, 0) is 17.8 Å². The summed E-state index contributed by atoms with van der Waals surface area (Å²) in [5, 5.41) is 19.2. The van der Waals surface area contributed by atoms with Crippen LogP contribution in [0.15, 0.2) is 78.2 Å². The lowest BCUT2D eigenvalue weighted by Crippen LogP contribution is -2.06. The van der Waals surface area contributed by atoms with E-state index in [1.165, 1.54) is 12.2 Å². The summed E-state index contributed by atoms with van der Waals surface area (Å²) in [6.07, 6.45) is 10.5. The largest absolute Gasteiger partial charge is 0.508 e. The molecule has 0 saturated carbocycles. The van der Waals surface area contributed by atoms with E-state index in [4.69, 9.17) is 9.47 Å². The number of aliphatic hydroxyl groups is 1. The molecule has 0 spiro atoms. The molecular weight excluding hydrogens is 442 g/mol. The zero-order valence-electron chi connectivity index (χ0n) is 20.3. The Labute approximate surface area is 206 Å². The monoisotopic (exact) mass is 473 g/mol. The number of carbonyl (C=O) groups is 1. The van der Waals surface area contributed by atoms with E-state index in [-0.39, 0.29) is 23.5 Å². The maximum Gasteiger partial charge on any atom is 0.185 e. The molecule has 0 unspecified atom stereocenters. The maximum absolute atomic E-state index is 13.1. The molecule has 0 aliphatic rings. The number of aliphatic hydroxyl groups excluding tert-OH is 1. The Morgan fingerprint density at radius 2 is 1.51 bits per heavy atom. The Hall–Kier alpha value is -4.13. The Balaban J connectivity index is 1.85. The molecule has 0 aliphatic carbocycles. The number of aromatic nitrogens is 3. The third-order valence-electron chi connectivity index (χ3n) is 5.38. The minimum atomic E-state index is -0.305. The van der Waals surface area contributed by atoms with E-state index in [0.717, 1.165) is 42.0 Å². The van der Waals surface area contributed by atoms with Crippen LogP contribution in [0.5, 0.6) is 11.5 Å². The van der Waals surface area contributed by atoms with Crippen molar-refractivity contribution in [2.75, 3.05) is 14.2 Å². The first-order valence-electron chi connectivity index (χ1n) is 11.5. The van der Waals surface area contributed by atoms with Gasteiger partial charge in [0.05, 0.1) is 19.9 Å². The second kappa shape index (κ2) is 12.9. The Kier molecular flexibility index (Phi) is 9.42. The molecule has 1 N–H and O–H groups in total. The molecule has 0 aliphatic heterocycles. The van der Waals surface area contributed by atoms with Crippen molar-refractivity contribution >= 4 is 17.9 Å². The van der Waals surface area contributed by atoms with Crippen LogP contribution in [0, 0.1) is 0 Å². The fraction of sp³-hybridized carbons (Fsp3) is 0.250. The normalized spacial score (nSPS) is 12.2. The molecule has 0 fully saturated rings. The van der Waals surface area contributed by atoms with Gasteiger partial charge in [0.25, 0.3) is 0 Å². The maximum atomic E-state index is 13.1. The highest BCUT2D eigenvalue weighted by Gasteiger charge is 2.15. The summed E-state index contributed by atoms with van der Waals surface area (Å²) in [6.45, 7) is 2.87.